The van der Waals surface area contributed by atoms with E-state index in [9.17, 15) is 9.90 Å². The van der Waals surface area contributed by atoms with Crippen molar-refractivity contribution in [3.8, 4) is 0 Å². The molecule has 0 aromatic heterocycles. The maximum atomic E-state index is 12.0. The first-order chi connectivity index (χ1) is 13.1. The SMILES string of the molecule is NC(=O)C(c1ccccc1)N1CCN(CC(O)CSc2ccccc2)CC1. The molecule has 0 spiro atoms. The zero-order valence-electron chi connectivity index (χ0n) is 15.4. The number of aliphatic hydroxyl groups excluding tert-OH is 1. The molecule has 0 radical (unpaired) electrons. The standard InChI is InChI=1S/C21H27N3O2S/c22-21(26)20(17-7-3-1-4-8-17)24-13-11-23(12-14-24)15-18(25)16-27-19-9-5-2-6-10-19/h1-10,18,20,25H,11-16H2,(H2,22,26). The van der Waals surface area contributed by atoms with Gasteiger partial charge >= 0.3 is 0 Å². The first kappa shape index (κ1) is 19.9. The number of aliphatic hydroxyl groups is 1. The van der Waals surface area contributed by atoms with E-state index in [2.05, 4.69) is 21.9 Å². The number of amides is 1. The third-order valence-corrected chi connectivity index (χ3v) is 5.97. The average molecular weight is 386 g/mol. The molecule has 2 aromatic rings. The fourth-order valence-electron chi connectivity index (χ4n) is 3.45. The lowest BCUT2D eigenvalue weighted by Crippen LogP contribution is -2.51. The predicted octanol–water partition coefficient (Wildman–Crippen LogP) is 1.98. The molecule has 144 valence electrons. The minimum absolute atomic E-state index is 0.311. The molecule has 1 saturated heterocycles. The molecule has 3 N–H and O–H groups in total. The first-order valence-electron chi connectivity index (χ1n) is 9.30. The summed E-state index contributed by atoms with van der Waals surface area (Å²) in [5.74, 6) is 0.368. The highest BCUT2D eigenvalue weighted by molar-refractivity contribution is 7.99. The third kappa shape index (κ3) is 5.81. The molecule has 0 aliphatic carbocycles. The number of benzene rings is 2. The van der Waals surface area contributed by atoms with Gasteiger partial charge in [0.05, 0.1) is 6.10 Å². The fourth-order valence-corrected chi connectivity index (χ4v) is 4.29. The molecular formula is C21H27N3O2S. The zero-order valence-corrected chi connectivity index (χ0v) is 16.2. The van der Waals surface area contributed by atoms with Crippen LogP contribution in [0.3, 0.4) is 0 Å². The van der Waals surface area contributed by atoms with Crippen LogP contribution in [0.25, 0.3) is 0 Å². The van der Waals surface area contributed by atoms with Crippen molar-refractivity contribution in [1.82, 2.24) is 9.80 Å². The number of carbonyl (C=O) groups excluding carboxylic acids is 1. The van der Waals surface area contributed by atoms with Gasteiger partial charge < -0.3 is 10.8 Å². The number of β-amino-alcohol motifs (C(OH)–C–C–N with tert-alkyl or cyclic N) is 1. The number of rotatable bonds is 8. The zero-order chi connectivity index (χ0) is 19.1. The second-order valence-corrected chi connectivity index (χ2v) is 7.92. The van der Waals surface area contributed by atoms with E-state index in [0.29, 0.717) is 12.3 Å². The van der Waals surface area contributed by atoms with Crippen molar-refractivity contribution >= 4 is 17.7 Å². The molecule has 2 atom stereocenters. The number of carbonyl (C=O) groups is 1. The van der Waals surface area contributed by atoms with Gasteiger partial charge in [-0.25, -0.2) is 0 Å². The smallest absolute Gasteiger partial charge is 0.239 e. The number of nitrogens with two attached hydrogens (primary N) is 1. The number of piperazine rings is 1. The van der Waals surface area contributed by atoms with E-state index in [-0.39, 0.29) is 18.1 Å². The summed E-state index contributed by atoms with van der Waals surface area (Å²) in [4.78, 5) is 17.6. The summed E-state index contributed by atoms with van der Waals surface area (Å²) in [6, 6.07) is 19.5. The Labute approximate surface area is 165 Å². The lowest BCUT2D eigenvalue weighted by Gasteiger charge is -2.38. The summed E-state index contributed by atoms with van der Waals surface area (Å²) in [5, 5.41) is 10.4. The Morgan fingerprint density at radius 2 is 1.59 bits per heavy atom. The Bertz CT molecular complexity index is 706. The van der Waals surface area contributed by atoms with Crippen molar-refractivity contribution in [2.24, 2.45) is 5.73 Å². The maximum Gasteiger partial charge on any atom is 0.239 e. The third-order valence-electron chi connectivity index (χ3n) is 4.81. The molecule has 27 heavy (non-hydrogen) atoms. The minimum Gasteiger partial charge on any atom is -0.391 e. The lowest BCUT2D eigenvalue weighted by molar-refractivity contribution is -0.124. The van der Waals surface area contributed by atoms with Gasteiger partial charge in [-0.15, -0.1) is 11.8 Å². The quantitative estimate of drug-likeness (QED) is 0.680. The van der Waals surface area contributed by atoms with Crippen LogP contribution in [0.2, 0.25) is 0 Å². The van der Waals surface area contributed by atoms with Crippen molar-refractivity contribution in [3.63, 3.8) is 0 Å². The van der Waals surface area contributed by atoms with Crippen molar-refractivity contribution in [1.29, 1.82) is 0 Å². The summed E-state index contributed by atoms with van der Waals surface area (Å²) >= 11 is 1.68. The molecule has 6 heteroatoms. The van der Waals surface area contributed by atoms with E-state index in [4.69, 9.17) is 5.73 Å². The Kier molecular flexibility index (Phi) is 7.29. The van der Waals surface area contributed by atoms with Crippen molar-refractivity contribution in [2.75, 3.05) is 38.5 Å². The molecule has 0 saturated carbocycles. The van der Waals surface area contributed by atoms with Gasteiger partial charge in [0.25, 0.3) is 0 Å². The fraction of sp³-hybridized carbons (Fsp3) is 0.381. The predicted molar refractivity (Wildman–Crippen MR) is 110 cm³/mol. The van der Waals surface area contributed by atoms with Crippen LogP contribution in [0.5, 0.6) is 0 Å². The van der Waals surface area contributed by atoms with Crippen LogP contribution >= 0.6 is 11.8 Å². The largest absolute Gasteiger partial charge is 0.391 e. The van der Waals surface area contributed by atoms with Crippen LogP contribution in [0.15, 0.2) is 65.6 Å². The Hall–Kier alpha value is -1.86. The van der Waals surface area contributed by atoms with Gasteiger partial charge in [-0.1, -0.05) is 48.5 Å². The second-order valence-electron chi connectivity index (χ2n) is 6.83. The molecule has 1 heterocycles. The highest BCUT2D eigenvalue weighted by Crippen LogP contribution is 2.22. The van der Waals surface area contributed by atoms with E-state index >= 15 is 0 Å². The summed E-state index contributed by atoms with van der Waals surface area (Å²) in [5.41, 5.74) is 6.62. The van der Waals surface area contributed by atoms with E-state index in [1.807, 2.05) is 48.5 Å². The van der Waals surface area contributed by atoms with Gasteiger partial charge in [0.1, 0.15) is 6.04 Å². The van der Waals surface area contributed by atoms with Gasteiger partial charge in [0.15, 0.2) is 0 Å². The second kappa shape index (κ2) is 9.90. The summed E-state index contributed by atoms with van der Waals surface area (Å²) < 4.78 is 0. The van der Waals surface area contributed by atoms with Gasteiger partial charge in [0, 0.05) is 43.4 Å². The Morgan fingerprint density at radius 1 is 1.00 bits per heavy atom. The maximum absolute atomic E-state index is 12.0. The minimum atomic E-state index is -0.382. The van der Waals surface area contributed by atoms with E-state index in [1.54, 1.807) is 11.8 Å². The Balaban J connectivity index is 1.47. The average Bonchev–Trinajstić information content (AvgIpc) is 2.69. The number of hydrogen-bond donors (Lipinski definition) is 2. The van der Waals surface area contributed by atoms with Crippen LogP contribution in [0.1, 0.15) is 11.6 Å². The van der Waals surface area contributed by atoms with E-state index in [0.717, 1.165) is 31.7 Å². The normalized spacial score (nSPS) is 18.1. The van der Waals surface area contributed by atoms with Crippen LogP contribution in [-0.2, 0) is 4.79 Å². The number of nitrogens with zero attached hydrogens (tertiary/aromatic N) is 2. The van der Waals surface area contributed by atoms with Crippen LogP contribution in [-0.4, -0.2) is 65.4 Å². The molecule has 1 fully saturated rings. The summed E-state index contributed by atoms with van der Waals surface area (Å²) in [6.07, 6.45) is -0.372. The van der Waals surface area contributed by atoms with Gasteiger partial charge in [-0.2, -0.15) is 0 Å². The van der Waals surface area contributed by atoms with E-state index in [1.165, 1.54) is 4.90 Å². The molecular weight excluding hydrogens is 358 g/mol. The monoisotopic (exact) mass is 385 g/mol. The van der Waals surface area contributed by atoms with Crippen molar-refractivity contribution in [3.05, 3.63) is 66.2 Å². The van der Waals surface area contributed by atoms with Crippen LogP contribution in [0, 0.1) is 0 Å². The number of hydrogen-bond acceptors (Lipinski definition) is 5. The molecule has 1 amide bonds. The summed E-state index contributed by atoms with van der Waals surface area (Å²) in [7, 11) is 0. The van der Waals surface area contributed by atoms with Crippen molar-refractivity contribution < 1.29 is 9.90 Å². The van der Waals surface area contributed by atoms with Crippen LogP contribution < -0.4 is 5.73 Å². The molecule has 1 aliphatic rings. The first-order valence-corrected chi connectivity index (χ1v) is 10.3. The molecule has 1 aliphatic heterocycles. The number of primary amides is 1. The summed E-state index contributed by atoms with van der Waals surface area (Å²) in [6.45, 7) is 3.83. The highest BCUT2D eigenvalue weighted by atomic mass is 32.2. The topological polar surface area (TPSA) is 69.8 Å². The molecule has 3 rings (SSSR count). The highest BCUT2D eigenvalue weighted by Gasteiger charge is 2.29. The van der Waals surface area contributed by atoms with Gasteiger partial charge in [-0.05, 0) is 17.7 Å². The van der Waals surface area contributed by atoms with Crippen molar-refractivity contribution in [2.45, 2.75) is 17.0 Å². The number of thioether (sulfide) groups is 1. The molecule has 2 aromatic carbocycles. The van der Waals surface area contributed by atoms with E-state index < -0.39 is 0 Å². The molecule has 2 unspecified atom stereocenters. The van der Waals surface area contributed by atoms with Crippen LogP contribution in [0.4, 0.5) is 0 Å². The molecule has 0 bridgehead atoms. The Morgan fingerprint density at radius 3 is 2.19 bits per heavy atom. The lowest BCUT2D eigenvalue weighted by atomic mass is 10.0. The van der Waals surface area contributed by atoms with Gasteiger partial charge in [-0.3, -0.25) is 14.6 Å². The van der Waals surface area contributed by atoms with Gasteiger partial charge in [0.2, 0.25) is 5.91 Å². The molecule has 5 nitrogen and oxygen atoms in total.